The number of rotatable bonds is 4. The quantitative estimate of drug-likeness (QED) is 0.900. The van der Waals surface area contributed by atoms with E-state index in [9.17, 15) is 8.42 Å². The molecule has 0 radical (unpaired) electrons. The molecule has 1 fully saturated rings. The van der Waals surface area contributed by atoms with E-state index in [0.717, 1.165) is 24.3 Å². The van der Waals surface area contributed by atoms with Gasteiger partial charge in [0.15, 0.2) is 0 Å². The van der Waals surface area contributed by atoms with Crippen LogP contribution in [0.5, 0.6) is 0 Å². The third-order valence-electron chi connectivity index (χ3n) is 3.60. The molecule has 0 bridgehead atoms. The summed E-state index contributed by atoms with van der Waals surface area (Å²) in [6.45, 7) is 3.80. The molecule has 1 saturated heterocycles. The van der Waals surface area contributed by atoms with Crippen molar-refractivity contribution in [1.29, 1.82) is 0 Å². The van der Waals surface area contributed by atoms with E-state index in [1.54, 1.807) is 16.4 Å². The lowest BCUT2D eigenvalue weighted by Gasteiger charge is -2.38. The lowest BCUT2D eigenvalue weighted by Crippen LogP contribution is -2.52. The van der Waals surface area contributed by atoms with Crippen molar-refractivity contribution in [1.82, 2.24) is 9.21 Å². The van der Waals surface area contributed by atoms with Gasteiger partial charge in [0.2, 0.25) is 0 Å². The van der Waals surface area contributed by atoms with Gasteiger partial charge < -0.3 is 10.0 Å². The van der Waals surface area contributed by atoms with Gasteiger partial charge >= 0.3 is 0 Å². The molecule has 2 rings (SSSR count). The van der Waals surface area contributed by atoms with E-state index < -0.39 is 10.0 Å². The molecular formula is C12H20N2O3S2. The molecule has 2 heterocycles. The summed E-state index contributed by atoms with van der Waals surface area (Å²) in [5.74, 6) is 0. The number of thiophene rings is 1. The van der Waals surface area contributed by atoms with Gasteiger partial charge in [-0.05, 0) is 25.6 Å². The van der Waals surface area contributed by atoms with Crippen LogP contribution in [-0.2, 0) is 16.6 Å². The average Bonchev–Trinajstić information content (AvgIpc) is 2.88. The average molecular weight is 304 g/mol. The number of nitrogens with zero attached hydrogens (tertiary/aromatic N) is 2. The molecule has 108 valence electrons. The van der Waals surface area contributed by atoms with Gasteiger partial charge in [0.05, 0.1) is 6.61 Å². The predicted molar refractivity (Wildman–Crippen MR) is 75.7 cm³/mol. The van der Waals surface area contributed by atoms with Crippen molar-refractivity contribution >= 4 is 21.4 Å². The first-order valence-electron chi connectivity index (χ1n) is 6.39. The summed E-state index contributed by atoms with van der Waals surface area (Å²) >= 11 is 1.15. The van der Waals surface area contributed by atoms with E-state index in [1.807, 2.05) is 7.05 Å². The molecule has 0 amide bonds. The summed E-state index contributed by atoms with van der Waals surface area (Å²) in [4.78, 5) is 2.89. The second-order valence-electron chi connectivity index (χ2n) is 4.78. The zero-order valence-corrected chi connectivity index (χ0v) is 12.9. The Bertz CT molecular complexity index is 527. The van der Waals surface area contributed by atoms with Gasteiger partial charge in [-0.2, -0.15) is 4.31 Å². The van der Waals surface area contributed by atoms with Crippen molar-refractivity contribution in [3.8, 4) is 0 Å². The van der Waals surface area contributed by atoms with Crippen LogP contribution >= 0.6 is 11.3 Å². The fraction of sp³-hybridized carbons (Fsp3) is 0.667. The first-order chi connectivity index (χ1) is 8.98. The molecule has 0 spiro atoms. The number of aliphatic hydroxyl groups is 1. The molecule has 7 heteroatoms. The van der Waals surface area contributed by atoms with Crippen LogP contribution in [0.2, 0.25) is 0 Å². The van der Waals surface area contributed by atoms with Crippen LogP contribution in [0.25, 0.3) is 0 Å². The first kappa shape index (κ1) is 14.9. The van der Waals surface area contributed by atoms with Gasteiger partial charge in [-0.25, -0.2) is 8.42 Å². The first-order valence-corrected chi connectivity index (χ1v) is 8.64. The molecular weight excluding hydrogens is 284 g/mol. The monoisotopic (exact) mass is 304 g/mol. The highest BCUT2D eigenvalue weighted by molar-refractivity contribution is 7.91. The zero-order valence-electron chi connectivity index (χ0n) is 11.2. The SMILES string of the molecule is CCC1CN(S(=O)(=O)c2ccc(CO)s2)CCN1C. The molecule has 0 saturated carbocycles. The summed E-state index contributed by atoms with van der Waals surface area (Å²) in [6.07, 6.45) is 0.939. The van der Waals surface area contributed by atoms with E-state index in [4.69, 9.17) is 5.11 Å². The summed E-state index contributed by atoms with van der Waals surface area (Å²) < 4.78 is 26.9. The van der Waals surface area contributed by atoms with Crippen molar-refractivity contribution < 1.29 is 13.5 Å². The van der Waals surface area contributed by atoms with E-state index in [-0.39, 0.29) is 12.6 Å². The van der Waals surface area contributed by atoms with Crippen molar-refractivity contribution in [2.45, 2.75) is 30.2 Å². The van der Waals surface area contributed by atoms with Crippen LogP contribution in [0, 0.1) is 0 Å². The van der Waals surface area contributed by atoms with Gasteiger partial charge in [0, 0.05) is 30.6 Å². The lowest BCUT2D eigenvalue weighted by molar-refractivity contribution is 0.144. The van der Waals surface area contributed by atoms with E-state index in [0.29, 0.717) is 22.2 Å². The van der Waals surface area contributed by atoms with Crippen molar-refractivity contribution in [2.75, 3.05) is 26.7 Å². The number of hydrogen-bond donors (Lipinski definition) is 1. The second-order valence-corrected chi connectivity index (χ2v) is 8.12. The van der Waals surface area contributed by atoms with Crippen LogP contribution < -0.4 is 0 Å². The smallest absolute Gasteiger partial charge is 0.252 e. The minimum absolute atomic E-state index is 0.111. The molecule has 1 aromatic rings. The summed E-state index contributed by atoms with van der Waals surface area (Å²) in [5.41, 5.74) is 0. The van der Waals surface area contributed by atoms with Crippen molar-refractivity contribution in [3.05, 3.63) is 17.0 Å². The van der Waals surface area contributed by atoms with E-state index >= 15 is 0 Å². The minimum atomic E-state index is -3.40. The van der Waals surface area contributed by atoms with Crippen LogP contribution in [0.3, 0.4) is 0 Å². The standard InChI is InChI=1S/C12H20N2O3S2/c1-3-10-8-14(7-6-13(10)2)19(16,17)12-5-4-11(9-15)18-12/h4-5,10,15H,3,6-9H2,1-2H3. The highest BCUT2D eigenvalue weighted by Gasteiger charge is 2.32. The molecule has 1 N–H and O–H groups in total. The minimum Gasteiger partial charge on any atom is -0.391 e. The Hall–Kier alpha value is -0.470. The molecule has 19 heavy (non-hydrogen) atoms. The number of hydrogen-bond acceptors (Lipinski definition) is 5. The lowest BCUT2D eigenvalue weighted by atomic mass is 10.1. The summed E-state index contributed by atoms with van der Waals surface area (Å²) in [5, 5.41) is 9.04. The van der Waals surface area contributed by atoms with Gasteiger partial charge in [-0.15, -0.1) is 11.3 Å². The molecule has 1 aliphatic heterocycles. The normalized spacial score (nSPS) is 22.8. The fourth-order valence-electron chi connectivity index (χ4n) is 2.29. The van der Waals surface area contributed by atoms with Crippen LogP contribution in [0.15, 0.2) is 16.3 Å². The second kappa shape index (κ2) is 5.88. The summed E-state index contributed by atoms with van der Waals surface area (Å²) in [6, 6.07) is 3.54. The van der Waals surface area contributed by atoms with Gasteiger partial charge in [-0.3, -0.25) is 0 Å². The van der Waals surface area contributed by atoms with Crippen LogP contribution in [0.4, 0.5) is 0 Å². The number of piperazine rings is 1. The van der Waals surface area contributed by atoms with E-state index in [1.165, 1.54) is 0 Å². The molecule has 1 aromatic heterocycles. The van der Waals surface area contributed by atoms with Crippen LogP contribution in [0.1, 0.15) is 18.2 Å². The van der Waals surface area contributed by atoms with Gasteiger partial charge in [0.1, 0.15) is 4.21 Å². The largest absolute Gasteiger partial charge is 0.391 e. The molecule has 0 aliphatic carbocycles. The van der Waals surface area contributed by atoms with Crippen LogP contribution in [-0.4, -0.2) is 55.5 Å². The maximum atomic E-state index is 12.5. The zero-order chi connectivity index (χ0) is 14.0. The van der Waals surface area contributed by atoms with Crippen molar-refractivity contribution in [3.63, 3.8) is 0 Å². The maximum absolute atomic E-state index is 12.5. The Labute approximate surface area is 118 Å². The Morgan fingerprint density at radius 1 is 1.42 bits per heavy atom. The Balaban J connectivity index is 2.20. The summed E-state index contributed by atoms with van der Waals surface area (Å²) in [7, 11) is -1.37. The molecule has 1 unspecified atom stereocenters. The number of likely N-dealkylation sites (N-methyl/N-ethyl adjacent to an activating group) is 1. The molecule has 5 nitrogen and oxygen atoms in total. The predicted octanol–water partition coefficient (Wildman–Crippen LogP) is 0.955. The topological polar surface area (TPSA) is 60.9 Å². The number of aliphatic hydroxyl groups excluding tert-OH is 1. The Kier molecular flexibility index (Phi) is 4.62. The Morgan fingerprint density at radius 2 is 2.16 bits per heavy atom. The third-order valence-corrected chi connectivity index (χ3v) is 7.00. The van der Waals surface area contributed by atoms with Gasteiger partial charge in [0.25, 0.3) is 10.0 Å². The highest BCUT2D eigenvalue weighted by atomic mass is 32.2. The third kappa shape index (κ3) is 3.00. The van der Waals surface area contributed by atoms with Gasteiger partial charge in [-0.1, -0.05) is 6.92 Å². The molecule has 1 atom stereocenters. The van der Waals surface area contributed by atoms with Crippen molar-refractivity contribution in [2.24, 2.45) is 0 Å². The van der Waals surface area contributed by atoms with E-state index in [2.05, 4.69) is 11.8 Å². The Morgan fingerprint density at radius 3 is 2.74 bits per heavy atom. The molecule has 0 aromatic carbocycles. The maximum Gasteiger partial charge on any atom is 0.252 e. The fourth-order valence-corrected chi connectivity index (χ4v) is 5.12. The number of sulfonamides is 1. The highest BCUT2D eigenvalue weighted by Crippen LogP contribution is 2.26. The molecule has 1 aliphatic rings.